The lowest BCUT2D eigenvalue weighted by atomic mass is 9.58. The van der Waals surface area contributed by atoms with Crippen molar-refractivity contribution >= 4 is 17.9 Å². The molecule has 660 valence electrons. The van der Waals surface area contributed by atoms with E-state index in [9.17, 15) is 14.4 Å². The molecule has 5 aliphatic heterocycles. The van der Waals surface area contributed by atoms with Crippen LogP contribution in [0.2, 0.25) is 0 Å². The molecular weight excluding hydrogens is 1460 g/mol. The number of ether oxygens (including phenoxy) is 13. The minimum absolute atomic E-state index is 0.00411. The van der Waals surface area contributed by atoms with E-state index in [4.69, 9.17) is 61.6 Å². The van der Waals surface area contributed by atoms with Crippen LogP contribution in [0.15, 0.2) is 0 Å². The molecule has 39 atom stereocenters. The summed E-state index contributed by atoms with van der Waals surface area (Å²) in [5, 5.41) is 0. The summed E-state index contributed by atoms with van der Waals surface area (Å²) in [7, 11) is 0. The van der Waals surface area contributed by atoms with Gasteiger partial charge in [-0.2, -0.15) is 0 Å². The van der Waals surface area contributed by atoms with Crippen LogP contribution in [0.1, 0.15) is 304 Å². The van der Waals surface area contributed by atoms with E-state index in [-0.39, 0.29) is 71.3 Å². The summed E-state index contributed by atoms with van der Waals surface area (Å²) in [6.07, 6.45) is 33.4. The Hall–Kier alpha value is -1.99. The highest BCUT2D eigenvalue weighted by atomic mass is 16.8. The predicted octanol–water partition coefficient (Wildman–Crippen LogP) is 20.9. The van der Waals surface area contributed by atoms with Crippen molar-refractivity contribution in [3.8, 4) is 0 Å². The molecular formula is C100H164O16. The lowest BCUT2D eigenvalue weighted by Crippen LogP contribution is -2.54. The highest BCUT2D eigenvalue weighted by molar-refractivity contribution is 5.74. The van der Waals surface area contributed by atoms with Crippen LogP contribution in [0.25, 0.3) is 0 Å². The molecule has 2 spiro atoms. The Bertz CT molecular complexity index is 3310. The van der Waals surface area contributed by atoms with Gasteiger partial charge in [-0.15, -0.1) is 0 Å². The van der Waals surface area contributed by atoms with E-state index >= 15 is 0 Å². The zero-order valence-electron chi connectivity index (χ0n) is 76.0. The maximum Gasteiger partial charge on any atom is 0.309 e. The number of hydrogen-bond acceptors (Lipinski definition) is 16. The molecule has 0 amide bonds. The van der Waals surface area contributed by atoms with Crippen LogP contribution in [0.5, 0.6) is 0 Å². The van der Waals surface area contributed by atoms with E-state index in [2.05, 4.69) is 104 Å². The van der Waals surface area contributed by atoms with Crippen molar-refractivity contribution in [2.24, 2.45) is 195 Å². The molecule has 116 heavy (non-hydrogen) atoms. The van der Waals surface area contributed by atoms with Crippen molar-refractivity contribution in [2.75, 3.05) is 59.5 Å². The lowest BCUT2D eigenvalue weighted by Gasteiger charge is -2.52. The summed E-state index contributed by atoms with van der Waals surface area (Å²) in [6.45, 7) is 46.6. The summed E-state index contributed by atoms with van der Waals surface area (Å²) in [5.41, 5.74) is 0.365. The van der Waals surface area contributed by atoms with Gasteiger partial charge in [0.1, 0.15) is 38.1 Å². The van der Waals surface area contributed by atoms with Gasteiger partial charge in [0.2, 0.25) is 0 Å². The number of fused-ring (bicyclic) bond motifs is 25. The van der Waals surface area contributed by atoms with Crippen LogP contribution in [0.4, 0.5) is 0 Å². The molecule has 0 N–H and O–H groups in total. The van der Waals surface area contributed by atoms with Gasteiger partial charge in [-0.05, 0) is 315 Å². The van der Waals surface area contributed by atoms with Crippen LogP contribution in [-0.2, 0) is 76.0 Å². The van der Waals surface area contributed by atoms with Gasteiger partial charge in [0.15, 0.2) is 28.9 Å². The maximum absolute atomic E-state index is 12.9. The smallest absolute Gasteiger partial charge is 0.309 e. The first-order valence-corrected chi connectivity index (χ1v) is 49.5. The van der Waals surface area contributed by atoms with E-state index in [1.54, 1.807) is 0 Å². The fourth-order valence-corrected chi connectivity index (χ4v) is 31.5. The average Bonchev–Trinajstić information content (AvgIpc) is 1.53. The zero-order valence-corrected chi connectivity index (χ0v) is 76.0. The minimum Gasteiger partial charge on any atom is -0.463 e. The maximum atomic E-state index is 12.9. The molecule has 14 bridgehead atoms. The van der Waals surface area contributed by atoms with Crippen molar-refractivity contribution in [2.45, 2.75) is 358 Å². The molecule has 5 saturated heterocycles. The molecule has 20 aliphatic rings. The number of carbonyl (C=O) groups is 3. The van der Waals surface area contributed by atoms with E-state index in [0.717, 1.165) is 232 Å². The Morgan fingerprint density at radius 3 is 1.26 bits per heavy atom. The Kier molecular flexibility index (Phi) is 26.5. The van der Waals surface area contributed by atoms with Gasteiger partial charge in [-0.3, -0.25) is 14.4 Å². The van der Waals surface area contributed by atoms with Crippen molar-refractivity contribution in [3.05, 3.63) is 0 Å². The Balaban J connectivity index is 0.000000109. The molecule has 15 aliphatic carbocycles. The molecule has 16 nitrogen and oxygen atoms in total. The summed E-state index contributed by atoms with van der Waals surface area (Å²) in [5.74, 6) is 22.7. The van der Waals surface area contributed by atoms with Crippen LogP contribution in [-0.4, -0.2) is 131 Å². The summed E-state index contributed by atoms with van der Waals surface area (Å²) >= 11 is 0. The average molecular weight is 1620 g/mol. The van der Waals surface area contributed by atoms with Gasteiger partial charge in [-0.1, -0.05) is 129 Å². The molecule has 15 saturated carbocycles. The number of esters is 3. The second-order valence-electron chi connectivity index (χ2n) is 44.9. The molecule has 16 heteroatoms. The van der Waals surface area contributed by atoms with Gasteiger partial charge >= 0.3 is 17.9 Å². The third-order valence-electron chi connectivity index (χ3n) is 39.0. The topological polar surface area (TPSA) is 171 Å². The second kappa shape index (κ2) is 35.1. The molecule has 20 fully saturated rings. The first kappa shape index (κ1) is 87.5. The summed E-state index contributed by atoms with van der Waals surface area (Å²) in [4.78, 5) is 37.8. The minimum atomic E-state index is -0.507. The predicted molar refractivity (Wildman–Crippen MR) is 447 cm³/mol. The molecule has 0 radical (unpaired) electrons. The molecule has 20 rings (SSSR count). The number of hydrogen-bond donors (Lipinski definition) is 0. The Morgan fingerprint density at radius 1 is 0.336 bits per heavy atom. The normalized spacial score (nSPS) is 52.1. The third-order valence-corrected chi connectivity index (χ3v) is 39.0. The van der Waals surface area contributed by atoms with Crippen molar-refractivity contribution in [1.29, 1.82) is 0 Å². The van der Waals surface area contributed by atoms with Crippen molar-refractivity contribution < 1.29 is 76.0 Å². The van der Waals surface area contributed by atoms with E-state index in [1.165, 1.54) is 109 Å². The Morgan fingerprint density at radius 2 is 0.750 bits per heavy atom. The van der Waals surface area contributed by atoms with Crippen LogP contribution < -0.4 is 0 Å². The monoisotopic (exact) mass is 1620 g/mol. The van der Waals surface area contributed by atoms with Crippen LogP contribution in [0, 0.1) is 195 Å². The Labute approximate surface area is 702 Å². The van der Waals surface area contributed by atoms with Crippen LogP contribution >= 0.6 is 0 Å². The lowest BCUT2D eigenvalue weighted by molar-refractivity contribution is -0.310. The number of carbonyl (C=O) groups excluding carboxylic acids is 3. The standard InChI is InChI=1S/C24H38O4.C23H38O2.C19H30O4.C17H28O4.C17H30O2/c1-5-6-7-24(4)27-12-16(28-24)11-26-23(25)20-9-15-8-19(20)22-18-10-17(21(15)22)13(2)14(18)3;1-5-6-7-8-22(4)24-12-23(13-25-22)11-16-9-19(23)21-18-10-17(20(16)21)14(2)15(18)3;1-12-13(2)16-8-14(12)9-17(16)18(20)21-10-15-11-22-19(23-15)6-4-3-5-7-19;1-5-17(4)20-9-13(21-17)8-19-16(18)15-7-12-6-14(15)11(3)10(12)2;1-5-6-7-17(4)18-10-16(19-17)15-9-13-8-14(15)12(3)11(13)2/h13-22H,5-12H2,1-4H3;14-21H,5-13H2,1-4H3;12-17H,3-11H2,1-2H3;10-15H,5-9H2,1-4H3;11-16H,5-10H2,1-4H3. The molecule has 0 aromatic carbocycles. The number of rotatable bonds is 21. The third kappa shape index (κ3) is 16.8. The first-order chi connectivity index (χ1) is 55.4. The first-order valence-electron chi connectivity index (χ1n) is 49.5. The second-order valence-corrected chi connectivity index (χ2v) is 44.9. The largest absolute Gasteiger partial charge is 0.463 e. The van der Waals surface area contributed by atoms with Gasteiger partial charge in [0.05, 0.1) is 63.5 Å². The van der Waals surface area contributed by atoms with E-state index in [1.807, 2.05) is 20.8 Å². The molecule has 0 aromatic heterocycles. The SMILES string of the molecule is CC1C2CC(C(=O)OCC3COC4(CCCCC4)O3)C(C2)C1C.CCC1(C)OCC(COC(=O)C2CC3CC2C(C)C3C)O1.CCCCC1(C)OCC(C2CC3CC2C(C)C3C)O1.CCCCC1(C)OCC(COC(=O)C2CC3CC2C2C4CC(C(C)C4C)C32)O1.CCCCCC1(C)OCC2(CO1)CC1CC2C2C3CC(C(C)C3C)C12. The zero-order chi connectivity index (χ0) is 81.9. The van der Waals surface area contributed by atoms with E-state index in [0.29, 0.717) is 80.7 Å². The quantitative estimate of drug-likeness (QED) is 0.0459. The molecule has 5 heterocycles. The summed E-state index contributed by atoms with van der Waals surface area (Å²) < 4.78 is 77.6. The number of unbranched alkanes of at least 4 members (excludes halogenated alkanes) is 4. The van der Waals surface area contributed by atoms with E-state index < -0.39 is 11.6 Å². The fraction of sp³-hybridized carbons (Fsp3) is 0.970. The van der Waals surface area contributed by atoms with Gasteiger partial charge in [-0.25, -0.2) is 0 Å². The van der Waals surface area contributed by atoms with Gasteiger partial charge < -0.3 is 61.6 Å². The highest BCUT2D eigenvalue weighted by Crippen LogP contribution is 2.75. The van der Waals surface area contributed by atoms with Gasteiger partial charge in [0, 0.05) is 37.5 Å². The highest BCUT2D eigenvalue weighted by Gasteiger charge is 2.71. The van der Waals surface area contributed by atoms with Crippen LogP contribution in [0.3, 0.4) is 0 Å². The van der Waals surface area contributed by atoms with Gasteiger partial charge in [0.25, 0.3) is 0 Å². The fourth-order valence-electron chi connectivity index (χ4n) is 31.5. The molecule has 0 aromatic rings. The van der Waals surface area contributed by atoms with Crippen molar-refractivity contribution in [1.82, 2.24) is 0 Å². The molecule has 39 unspecified atom stereocenters. The van der Waals surface area contributed by atoms with Crippen molar-refractivity contribution in [3.63, 3.8) is 0 Å². The summed E-state index contributed by atoms with van der Waals surface area (Å²) in [6, 6.07) is 0.